The van der Waals surface area contributed by atoms with Crippen molar-refractivity contribution < 1.29 is 299 Å². The van der Waals surface area contributed by atoms with Crippen LogP contribution in [0.15, 0.2) is 0 Å². The van der Waals surface area contributed by atoms with Gasteiger partial charge >= 0.3 is 124 Å². The first kappa shape index (κ1) is 99.3. The normalized spacial score (nSPS) is 33.1. The first-order valence-corrected chi connectivity index (χ1v) is 36.6. The summed E-state index contributed by atoms with van der Waals surface area (Å²) in [6.07, 6.45) is -38.7. The van der Waals surface area contributed by atoms with E-state index in [9.17, 15) is 112 Å². The summed E-state index contributed by atoms with van der Waals surface area (Å²) in [5.74, 6) is -1.81. The number of ether oxygens (including phenoxy) is 11. The average Bonchev–Trinajstić information content (AvgIpc) is 1.65. The van der Waals surface area contributed by atoms with Crippen LogP contribution < -0.4 is 150 Å². The maximum absolute atomic E-state index is 12.7. The Bertz CT molecular complexity index is 3110. The summed E-state index contributed by atoms with van der Waals surface area (Å²) < 4.78 is 218. The molecular weight excluding hydrogens is 1550 g/mol. The van der Waals surface area contributed by atoms with Gasteiger partial charge < -0.3 is 138 Å². The topological polar surface area (TPSA) is 666 Å². The summed E-state index contributed by atoms with van der Waals surface area (Å²) in [7, 11) is -22.6. The fourth-order valence-corrected chi connectivity index (χ4v) is 13.6. The molecule has 0 aromatic rings. The molecule has 0 aliphatic carbocycles. The summed E-state index contributed by atoms with van der Waals surface area (Å²) >= 11 is 1.82. The number of aliphatic hydroxyl groups excluding tert-OH is 7. The van der Waals surface area contributed by atoms with Gasteiger partial charge in [0, 0.05) is 44.4 Å². The number of amides is 6. The molecule has 6 amide bonds. The van der Waals surface area contributed by atoms with Crippen LogP contribution in [0.3, 0.4) is 0 Å². The Morgan fingerprint density at radius 3 is 1.47 bits per heavy atom. The minimum atomic E-state index is -5.75. The molecule has 0 spiro atoms. The molecule has 45 nitrogen and oxygen atoms in total. The van der Waals surface area contributed by atoms with Gasteiger partial charge in [0.15, 0.2) is 25.2 Å². The predicted octanol–water partition coefficient (Wildman–Crippen LogP) is -23.1. The third kappa shape index (κ3) is 33.9. The first-order chi connectivity index (χ1) is 46.4. The second kappa shape index (κ2) is 47.1. The first-order valence-electron chi connectivity index (χ1n) is 30.2. The van der Waals surface area contributed by atoms with Crippen molar-refractivity contribution in [1.82, 2.24) is 31.9 Å². The van der Waals surface area contributed by atoms with Crippen molar-refractivity contribution in [2.75, 3.05) is 91.5 Å². The van der Waals surface area contributed by atoms with E-state index in [0.717, 1.165) is 32.4 Å². The predicted molar refractivity (Wildman–Crippen MR) is 312 cm³/mol. The van der Waals surface area contributed by atoms with Crippen molar-refractivity contribution in [3.05, 3.63) is 0 Å². The van der Waals surface area contributed by atoms with E-state index in [0.29, 0.717) is 24.6 Å². The molecule has 0 aromatic heterocycles. The van der Waals surface area contributed by atoms with Crippen LogP contribution in [-0.4, -0.2) is 349 Å². The third-order valence-corrected chi connectivity index (χ3v) is 18.5. The number of rotatable bonds is 41. The second-order valence-electron chi connectivity index (χ2n) is 22.7. The van der Waals surface area contributed by atoms with Crippen LogP contribution in [0.2, 0.25) is 0 Å². The molecular formula is C49H80N6Na4O39S5. The number of urea groups is 1. The van der Waals surface area contributed by atoms with Gasteiger partial charge in [-0.15, -0.1) is 0 Å². The Balaban J connectivity index is 0.00000901. The maximum atomic E-state index is 12.7. The Morgan fingerprint density at radius 2 is 0.942 bits per heavy atom. The van der Waals surface area contributed by atoms with Crippen LogP contribution >= 0.6 is 11.8 Å². The molecule has 6 aliphatic heterocycles. The summed E-state index contributed by atoms with van der Waals surface area (Å²) in [6.45, 7) is -3.80. The van der Waals surface area contributed by atoms with E-state index in [-0.39, 0.29) is 195 Å². The molecule has 574 valence electrons. The van der Waals surface area contributed by atoms with Gasteiger partial charge in [-0.3, -0.25) is 35.9 Å². The number of carbonyl (C=O) groups is 5. The van der Waals surface area contributed by atoms with Crippen molar-refractivity contribution in [2.24, 2.45) is 0 Å². The number of thioether (sulfide) groups is 1. The summed E-state index contributed by atoms with van der Waals surface area (Å²) in [5, 5.41) is 95.0. The van der Waals surface area contributed by atoms with E-state index in [2.05, 4.69) is 48.6 Å². The number of unbranched alkanes of at least 4 members (excludes halogenated alkanes) is 1. The Labute approximate surface area is 684 Å². The number of fused-ring (bicyclic) bond motifs is 1. The van der Waals surface area contributed by atoms with Gasteiger partial charge in [-0.1, -0.05) is 6.42 Å². The van der Waals surface area contributed by atoms with Gasteiger partial charge in [0.25, 0.3) is 0 Å². The molecule has 6 fully saturated rings. The minimum Gasteiger partial charge on any atom is -0.726 e. The molecule has 23 atom stereocenters. The van der Waals surface area contributed by atoms with Crippen LogP contribution in [0.4, 0.5) is 4.79 Å². The quantitative estimate of drug-likeness (QED) is 0.00889. The van der Waals surface area contributed by atoms with E-state index in [4.69, 9.17) is 52.1 Å². The molecule has 0 radical (unpaired) electrons. The smallest absolute Gasteiger partial charge is 0.726 e. The SMILES string of the molecule is CC(=O)NC1C(OC2C(O)C(COS(=O)(=O)[O-])OC(OC3C(COS(=O)(=O)[O-])OC(OCCCNC(=O)COCCOCCOCCNC(=O)CCCC[C@@H]4SC[C@@H]5NC(=O)N[C@@H]54)C(NC(C)=O)C3O)C2O)OC(COS(=O)(=O)[O-])C(OC2OC(COS(=O)(=O)[O-])C(O)C(O)C2O)C1O.[Na+].[Na+].[Na+].[Na+]. The summed E-state index contributed by atoms with van der Waals surface area (Å²) in [4.78, 5) is 61.6. The molecule has 0 aromatic carbocycles. The van der Waals surface area contributed by atoms with E-state index >= 15 is 0 Å². The molecule has 103 heavy (non-hydrogen) atoms. The number of hydrogen-bond donors (Lipinski definition) is 13. The van der Waals surface area contributed by atoms with E-state index < -0.39 is 215 Å². The van der Waals surface area contributed by atoms with E-state index in [1.165, 1.54) is 0 Å². The number of nitrogens with one attached hydrogen (secondary N) is 6. The van der Waals surface area contributed by atoms with Gasteiger partial charge in [-0.2, -0.15) is 11.8 Å². The summed E-state index contributed by atoms with van der Waals surface area (Å²) in [5.41, 5.74) is 0. The standard InChI is InChI=1S/C49H84N6O39S5.4Na/c1-22(56)52-33-37(62)42(27(18-86-98(74,75)76)90-45(33)83-10-5-8-50-31(59)20-82-15-14-81-13-12-80-11-9-51-30(58)7-4-3-6-29-32-24(21-95-29)54-49(67)55-32)93-48-41(66)44(36(61)26(89-48)17-85-97(71,72)73)94-46-34(53-23(2)57)38(63)43(28(91-46)19-87-99(77,78)79)92-47-40(65)39(64)35(60)25(88-47)16-84-96(68,69)70;;;;/h24-29,32-48,60-66H,3-21H2,1-2H3,(H,50,59)(H,51,58)(H,52,56)(H,53,57)(H2,54,55,67)(H,68,69,70)(H,71,72,73)(H,74,75,76)(H,77,78,79);;;;/q;4*+1/p-4/t24-,25?,26?,27?,28?,29-,32-,33?,34?,35?,36?,37?,38?,39?,40?,41?,42?,43?,44?,45?,46?,47?,48?;;;;/m0..../s1. The van der Waals surface area contributed by atoms with Crippen molar-refractivity contribution in [3.8, 4) is 0 Å². The largest absolute Gasteiger partial charge is 1.00 e. The van der Waals surface area contributed by atoms with Gasteiger partial charge in [0.1, 0.15) is 104 Å². The number of hydrogen-bond acceptors (Lipinski definition) is 40. The van der Waals surface area contributed by atoms with Crippen LogP contribution in [-0.2, 0) is 130 Å². The molecule has 0 bridgehead atoms. The fourth-order valence-electron chi connectivity index (χ4n) is 10.8. The van der Waals surface area contributed by atoms with Gasteiger partial charge in [0.05, 0.1) is 78.2 Å². The van der Waals surface area contributed by atoms with E-state index in [1.807, 2.05) is 11.8 Å². The average molecular weight is 1630 g/mol. The molecule has 20 unspecified atom stereocenters. The summed E-state index contributed by atoms with van der Waals surface area (Å²) in [6, 6.07) is -3.82. The molecule has 0 saturated carbocycles. The van der Waals surface area contributed by atoms with Crippen molar-refractivity contribution in [2.45, 2.75) is 186 Å². The Morgan fingerprint density at radius 1 is 0.495 bits per heavy atom. The zero-order valence-electron chi connectivity index (χ0n) is 56.4. The Hall–Kier alpha value is 0.260. The molecule has 6 saturated heterocycles. The molecule has 13 N–H and O–H groups in total. The van der Waals surface area contributed by atoms with Crippen LogP contribution in [0.5, 0.6) is 0 Å². The van der Waals surface area contributed by atoms with Gasteiger partial charge in [-0.25, -0.2) is 38.5 Å². The fraction of sp³-hybridized carbons (Fsp3) is 0.898. The van der Waals surface area contributed by atoms with Crippen LogP contribution in [0.25, 0.3) is 0 Å². The maximum Gasteiger partial charge on any atom is 1.00 e. The van der Waals surface area contributed by atoms with Crippen molar-refractivity contribution in [1.29, 1.82) is 0 Å². The molecule has 6 heterocycles. The zero-order chi connectivity index (χ0) is 73.2. The van der Waals surface area contributed by atoms with Crippen LogP contribution in [0.1, 0.15) is 46.0 Å². The molecule has 6 aliphatic rings. The molecule has 6 rings (SSSR count). The van der Waals surface area contributed by atoms with Crippen LogP contribution in [0, 0.1) is 0 Å². The van der Waals surface area contributed by atoms with Crippen molar-refractivity contribution >= 4 is 83.0 Å². The van der Waals surface area contributed by atoms with Gasteiger partial charge in [0.2, 0.25) is 65.2 Å². The van der Waals surface area contributed by atoms with E-state index in [1.54, 1.807) is 0 Å². The second-order valence-corrected chi connectivity index (χ2v) is 28.2. The Kier molecular flexibility index (Phi) is 45.4. The molecule has 54 heteroatoms. The monoisotopic (exact) mass is 1630 g/mol. The van der Waals surface area contributed by atoms with Gasteiger partial charge in [-0.05, 0) is 19.3 Å². The number of aliphatic hydroxyl groups is 7. The third-order valence-electron chi connectivity index (χ3n) is 15.3. The zero-order valence-corrected chi connectivity index (χ0v) is 68.5. The minimum absolute atomic E-state index is 0. The number of carbonyl (C=O) groups excluding carboxylic acids is 5. The van der Waals surface area contributed by atoms with Crippen molar-refractivity contribution in [3.63, 3.8) is 0 Å².